The molecule has 2 aromatic carbocycles. The van der Waals surface area contributed by atoms with Gasteiger partial charge in [-0.3, -0.25) is 5.01 Å². The third kappa shape index (κ3) is 6.16. The second-order valence-electron chi connectivity index (χ2n) is 8.78. The molecule has 10 heteroatoms. The lowest BCUT2D eigenvalue weighted by atomic mass is 10.1. The lowest BCUT2D eigenvalue weighted by molar-refractivity contribution is 0.125. The average Bonchev–Trinajstić information content (AvgIpc) is 3.49. The summed E-state index contributed by atoms with van der Waals surface area (Å²) in [6, 6.07) is 18.5. The SMILES string of the molecule is C/C(=N\OCCN(C)C)C1C=C(c2ccc(-c3cccc(S(C)(=O)=O)c3)s2)N(c2ccccc2Cl)N1. The number of benzene rings is 2. The number of thiophene rings is 1. The van der Waals surface area contributed by atoms with Crippen LogP contribution in [0.15, 0.2) is 76.8 Å². The van der Waals surface area contributed by atoms with Gasteiger partial charge >= 0.3 is 0 Å². The number of oxime groups is 1. The van der Waals surface area contributed by atoms with Crippen molar-refractivity contribution in [1.82, 2.24) is 10.3 Å². The summed E-state index contributed by atoms with van der Waals surface area (Å²) in [6.45, 7) is 3.21. The van der Waals surface area contributed by atoms with E-state index in [4.69, 9.17) is 16.4 Å². The summed E-state index contributed by atoms with van der Waals surface area (Å²) in [5.74, 6) is 0. The maximum absolute atomic E-state index is 12.0. The Morgan fingerprint density at radius 3 is 2.61 bits per heavy atom. The molecule has 0 spiro atoms. The van der Waals surface area contributed by atoms with E-state index in [2.05, 4.69) is 16.7 Å². The number of nitrogens with one attached hydrogen (secondary N) is 1. The van der Waals surface area contributed by atoms with Gasteiger partial charge in [0, 0.05) is 17.7 Å². The highest BCUT2D eigenvalue weighted by molar-refractivity contribution is 7.90. The molecular formula is C26H29ClN4O3S2. The number of para-hydroxylation sites is 1. The van der Waals surface area contributed by atoms with Crippen molar-refractivity contribution in [3.63, 3.8) is 0 Å². The minimum Gasteiger partial charge on any atom is -0.394 e. The van der Waals surface area contributed by atoms with E-state index in [1.807, 2.05) is 73.4 Å². The van der Waals surface area contributed by atoms with Gasteiger partial charge < -0.3 is 9.74 Å². The standard InChI is InChI=1S/C26H29ClN4O3S2/c1-18(29-34-15-14-30(2)3)22-17-24(31(28-22)23-11-6-5-10-21(23)27)26-13-12-25(35-26)19-8-7-9-20(16-19)36(4,32)33/h5-13,16-17,22,28H,14-15H2,1-4H3/b29-18+. The van der Waals surface area contributed by atoms with Crippen molar-refractivity contribution in [2.24, 2.45) is 5.16 Å². The number of hydrogen-bond acceptors (Lipinski definition) is 8. The van der Waals surface area contributed by atoms with Crippen LogP contribution in [-0.4, -0.2) is 58.6 Å². The number of rotatable bonds is 9. The van der Waals surface area contributed by atoms with E-state index in [-0.39, 0.29) is 6.04 Å². The van der Waals surface area contributed by atoms with Crippen molar-refractivity contribution >= 4 is 49.9 Å². The molecule has 2 heterocycles. The van der Waals surface area contributed by atoms with Crippen LogP contribution in [-0.2, 0) is 14.7 Å². The van der Waals surface area contributed by atoms with E-state index in [9.17, 15) is 8.42 Å². The summed E-state index contributed by atoms with van der Waals surface area (Å²) in [4.78, 5) is 9.82. The fourth-order valence-corrected chi connectivity index (χ4v) is 5.56. The number of nitrogens with zero attached hydrogens (tertiary/aromatic N) is 3. The lowest BCUT2D eigenvalue weighted by Gasteiger charge is -2.24. The Bertz CT molecular complexity index is 1400. The van der Waals surface area contributed by atoms with E-state index in [0.29, 0.717) is 16.5 Å². The average molecular weight is 545 g/mol. The van der Waals surface area contributed by atoms with Gasteiger partial charge in [0.15, 0.2) is 9.84 Å². The lowest BCUT2D eigenvalue weighted by Crippen LogP contribution is -2.40. The van der Waals surface area contributed by atoms with Crippen LogP contribution in [0.2, 0.25) is 5.02 Å². The minimum atomic E-state index is -3.29. The Morgan fingerprint density at radius 2 is 1.89 bits per heavy atom. The van der Waals surface area contributed by atoms with Gasteiger partial charge in [-0.1, -0.05) is 41.0 Å². The quantitative estimate of drug-likeness (QED) is 0.228. The highest BCUT2D eigenvalue weighted by Crippen LogP contribution is 2.39. The predicted octanol–water partition coefficient (Wildman–Crippen LogP) is 5.16. The Morgan fingerprint density at radius 1 is 1.14 bits per heavy atom. The summed E-state index contributed by atoms with van der Waals surface area (Å²) in [5.41, 5.74) is 6.89. The number of likely N-dealkylation sites (N-methyl/N-ethyl adjacent to an activating group) is 1. The summed E-state index contributed by atoms with van der Waals surface area (Å²) >= 11 is 8.14. The fourth-order valence-electron chi connectivity index (χ4n) is 3.66. The highest BCUT2D eigenvalue weighted by Gasteiger charge is 2.29. The molecule has 0 saturated carbocycles. The first-order valence-corrected chi connectivity index (χ1v) is 14.5. The Kier molecular flexibility index (Phi) is 8.17. The molecule has 190 valence electrons. The van der Waals surface area contributed by atoms with E-state index in [0.717, 1.165) is 39.0 Å². The summed E-state index contributed by atoms with van der Waals surface area (Å²) in [5, 5.41) is 6.90. The molecule has 3 aromatic rings. The summed E-state index contributed by atoms with van der Waals surface area (Å²) in [7, 11) is 0.685. The number of hydrogen-bond donors (Lipinski definition) is 1. The van der Waals surface area contributed by atoms with E-state index < -0.39 is 9.84 Å². The molecule has 1 aromatic heterocycles. The molecule has 1 aliphatic rings. The van der Waals surface area contributed by atoms with Gasteiger partial charge in [0.1, 0.15) is 6.61 Å². The monoisotopic (exact) mass is 544 g/mol. The molecule has 0 amide bonds. The zero-order valence-corrected chi connectivity index (χ0v) is 23.0. The first-order chi connectivity index (χ1) is 17.1. The number of sulfone groups is 1. The molecule has 1 atom stereocenters. The molecule has 4 rings (SSSR count). The van der Waals surface area contributed by atoms with Crippen LogP contribution in [0.1, 0.15) is 11.8 Å². The number of halogens is 1. The van der Waals surface area contributed by atoms with Gasteiger partial charge in [0.2, 0.25) is 0 Å². The molecule has 0 bridgehead atoms. The zero-order chi connectivity index (χ0) is 25.9. The molecule has 1 N–H and O–H groups in total. The number of hydrazine groups is 1. The number of anilines is 1. The van der Waals surface area contributed by atoms with E-state index in [1.54, 1.807) is 29.5 Å². The van der Waals surface area contributed by atoms with Gasteiger partial charge in [-0.05, 0) is 69.1 Å². The summed E-state index contributed by atoms with van der Waals surface area (Å²) < 4.78 is 24.1. The molecule has 0 fully saturated rings. The predicted molar refractivity (Wildman–Crippen MR) is 149 cm³/mol. The Balaban J connectivity index is 1.66. The molecule has 0 radical (unpaired) electrons. The van der Waals surface area contributed by atoms with E-state index >= 15 is 0 Å². The van der Waals surface area contributed by atoms with Crippen molar-refractivity contribution in [2.75, 3.05) is 38.5 Å². The molecule has 7 nitrogen and oxygen atoms in total. The maximum Gasteiger partial charge on any atom is 0.175 e. The van der Waals surface area contributed by atoms with E-state index in [1.165, 1.54) is 6.26 Å². The second-order valence-corrected chi connectivity index (χ2v) is 12.3. The van der Waals surface area contributed by atoms with Gasteiger partial charge in [0.05, 0.1) is 37.9 Å². The van der Waals surface area contributed by atoms with Crippen molar-refractivity contribution < 1.29 is 13.3 Å². The normalized spacial score (nSPS) is 16.5. The van der Waals surface area contributed by atoms with Gasteiger partial charge in [-0.25, -0.2) is 13.8 Å². The van der Waals surface area contributed by atoms with Crippen molar-refractivity contribution in [3.8, 4) is 10.4 Å². The first-order valence-electron chi connectivity index (χ1n) is 11.4. The van der Waals surface area contributed by atoms with Crippen LogP contribution in [0.4, 0.5) is 5.69 Å². The van der Waals surface area contributed by atoms with Crippen LogP contribution in [0.5, 0.6) is 0 Å². The van der Waals surface area contributed by atoms with Crippen LogP contribution < -0.4 is 10.4 Å². The fraction of sp³-hybridized carbons (Fsp3) is 0.269. The highest BCUT2D eigenvalue weighted by atomic mass is 35.5. The molecular weight excluding hydrogens is 516 g/mol. The maximum atomic E-state index is 12.0. The van der Waals surface area contributed by atoms with Crippen LogP contribution >= 0.6 is 22.9 Å². The Hall–Kier alpha value is -2.69. The molecule has 0 saturated heterocycles. The van der Waals surface area contributed by atoms with Gasteiger partial charge in [-0.2, -0.15) is 0 Å². The zero-order valence-electron chi connectivity index (χ0n) is 20.6. The Labute approximate surface area is 221 Å². The van der Waals surface area contributed by atoms with Crippen LogP contribution in [0.3, 0.4) is 0 Å². The van der Waals surface area contributed by atoms with Crippen molar-refractivity contribution in [1.29, 1.82) is 0 Å². The molecule has 36 heavy (non-hydrogen) atoms. The van der Waals surface area contributed by atoms with Crippen LogP contribution in [0, 0.1) is 0 Å². The largest absolute Gasteiger partial charge is 0.394 e. The second kappa shape index (κ2) is 11.1. The van der Waals surface area contributed by atoms with Gasteiger partial charge in [0.25, 0.3) is 0 Å². The smallest absolute Gasteiger partial charge is 0.175 e. The third-order valence-electron chi connectivity index (χ3n) is 5.62. The third-order valence-corrected chi connectivity index (χ3v) is 8.21. The topological polar surface area (TPSA) is 74.2 Å². The minimum absolute atomic E-state index is 0.185. The summed E-state index contributed by atoms with van der Waals surface area (Å²) in [6.07, 6.45) is 3.32. The molecule has 1 aliphatic heterocycles. The van der Waals surface area contributed by atoms with Crippen LogP contribution in [0.25, 0.3) is 16.1 Å². The molecule has 1 unspecified atom stereocenters. The molecule has 0 aliphatic carbocycles. The first kappa shape index (κ1) is 26.4. The van der Waals surface area contributed by atoms with Crippen molar-refractivity contribution in [2.45, 2.75) is 17.9 Å². The van der Waals surface area contributed by atoms with Crippen molar-refractivity contribution in [3.05, 3.63) is 76.6 Å². The van der Waals surface area contributed by atoms with Gasteiger partial charge in [-0.15, -0.1) is 11.3 Å².